The van der Waals surface area contributed by atoms with E-state index in [0.717, 1.165) is 12.2 Å². The zero-order valence-electron chi connectivity index (χ0n) is 17.9. The lowest BCUT2D eigenvalue weighted by Gasteiger charge is -2.22. The molecule has 0 aliphatic heterocycles. The van der Waals surface area contributed by atoms with Crippen molar-refractivity contribution in [3.63, 3.8) is 0 Å². The van der Waals surface area contributed by atoms with Crippen LogP contribution in [0, 0.1) is 17.0 Å². The monoisotopic (exact) mass is 458 g/mol. The van der Waals surface area contributed by atoms with Crippen LogP contribution in [0.25, 0.3) is 10.2 Å². The Labute approximate surface area is 190 Å². The molecule has 0 bridgehead atoms. The largest absolute Gasteiger partial charge is 0.308 e. The number of aromatic nitrogens is 1. The highest BCUT2D eigenvalue weighted by atomic mass is 32.2. The van der Waals surface area contributed by atoms with E-state index in [1.54, 1.807) is 22.7 Å². The van der Waals surface area contributed by atoms with Gasteiger partial charge in [-0.15, -0.1) is 11.8 Å². The molecule has 3 aromatic rings. The van der Waals surface area contributed by atoms with Gasteiger partial charge in [-0.3, -0.25) is 19.8 Å². The Morgan fingerprint density at radius 2 is 1.90 bits per heavy atom. The summed E-state index contributed by atoms with van der Waals surface area (Å²) in [5.74, 6) is 0.891. The highest BCUT2D eigenvalue weighted by Crippen LogP contribution is 2.32. The molecule has 0 aliphatic carbocycles. The second kappa shape index (κ2) is 10.7. The van der Waals surface area contributed by atoms with Crippen molar-refractivity contribution in [1.29, 1.82) is 0 Å². The van der Waals surface area contributed by atoms with E-state index in [1.807, 2.05) is 19.0 Å². The normalized spacial score (nSPS) is 11.2. The number of thioether (sulfide) groups is 1. The molecule has 31 heavy (non-hydrogen) atoms. The van der Waals surface area contributed by atoms with Crippen LogP contribution in [0.5, 0.6) is 0 Å². The molecule has 0 saturated heterocycles. The van der Waals surface area contributed by atoms with Gasteiger partial charge < -0.3 is 4.90 Å². The molecule has 2 aromatic carbocycles. The Morgan fingerprint density at radius 1 is 1.16 bits per heavy atom. The number of hydrogen-bond donors (Lipinski definition) is 0. The highest BCUT2D eigenvalue weighted by molar-refractivity contribution is 7.99. The minimum absolute atomic E-state index is 0.0277. The third-order valence-electron chi connectivity index (χ3n) is 4.70. The fourth-order valence-corrected chi connectivity index (χ4v) is 4.83. The Hall–Kier alpha value is -2.49. The third kappa shape index (κ3) is 6.49. The number of nitrogens with zero attached hydrogens (tertiary/aromatic N) is 4. The average Bonchev–Trinajstić information content (AvgIpc) is 3.15. The van der Waals surface area contributed by atoms with E-state index < -0.39 is 4.92 Å². The zero-order chi connectivity index (χ0) is 22.4. The molecule has 0 fully saturated rings. The maximum atomic E-state index is 13.0. The SMILES string of the molecule is Cc1ccc(SCCCC(=O)N(CCN(C)C)c2nc3ccc([N+](=O)[O-])cc3s2)cc1. The van der Waals surface area contributed by atoms with Crippen LogP contribution in [0.1, 0.15) is 18.4 Å². The van der Waals surface area contributed by atoms with Crippen molar-refractivity contribution in [2.24, 2.45) is 0 Å². The molecule has 0 saturated carbocycles. The summed E-state index contributed by atoms with van der Waals surface area (Å²) >= 11 is 3.07. The molecular weight excluding hydrogens is 432 g/mol. The fourth-order valence-electron chi connectivity index (χ4n) is 2.94. The second-order valence-electron chi connectivity index (χ2n) is 7.52. The molecule has 0 aliphatic rings. The number of carbonyl (C=O) groups excluding carboxylic acids is 1. The molecule has 0 unspecified atom stereocenters. The first kappa shape index (κ1) is 23.2. The van der Waals surface area contributed by atoms with Gasteiger partial charge in [-0.25, -0.2) is 4.98 Å². The van der Waals surface area contributed by atoms with Crippen molar-refractivity contribution < 1.29 is 9.72 Å². The number of thiazole rings is 1. The number of nitro groups is 1. The number of fused-ring (bicyclic) bond motifs is 1. The first-order valence-electron chi connectivity index (χ1n) is 10.0. The molecule has 1 aromatic heterocycles. The summed E-state index contributed by atoms with van der Waals surface area (Å²) < 4.78 is 0.710. The van der Waals surface area contributed by atoms with Crippen LogP contribution in [0.4, 0.5) is 10.8 Å². The van der Waals surface area contributed by atoms with Gasteiger partial charge in [0.15, 0.2) is 5.13 Å². The van der Waals surface area contributed by atoms with Crippen molar-refractivity contribution >= 4 is 50.0 Å². The molecule has 7 nitrogen and oxygen atoms in total. The first-order valence-corrected chi connectivity index (χ1v) is 11.8. The predicted molar refractivity (Wildman–Crippen MR) is 128 cm³/mol. The van der Waals surface area contributed by atoms with Gasteiger partial charge in [0, 0.05) is 36.5 Å². The number of benzene rings is 2. The minimum Gasteiger partial charge on any atom is -0.308 e. The van der Waals surface area contributed by atoms with Crippen LogP contribution in [0.2, 0.25) is 0 Å². The van der Waals surface area contributed by atoms with E-state index in [1.165, 1.54) is 33.9 Å². The molecule has 0 spiro atoms. The van der Waals surface area contributed by atoms with Gasteiger partial charge in [0.05, 0.1) is 15.1 Å². The quantitative estimate of drug-likeness (QED) is 0.184. The number of aryl methyl sites for hydroxylation is 1. The van der Waals surface area contributed by atoms with Gasteiger partial charge in [-0.1, -0.05) is 29.0 Å². The minimum atomic E-state index is -0.417. The van der Waals surface area contributed by atoms with Crippen LogP contribution >= 0.6 is 23.1 Å². The van der Waals surface area contributed by atoms with E-state index in [9.17, 15) is 14.9 Å². The summed E-state index contributed by atoms with van der Waals surface area (Å²) in [6, 6.07) is 13.0. The van der Waals surface area contributed by atoms with Crippen molar-refractivity contribution in [3.8, 4) is 0 Å². The lowest BCUT2D eigenvalue weighted by atomic mass is 10.2. The van der Waals surface area contributed by atoms with Crippen molar-refractivity contribution in [2.45, 2.75) is 24.7 Å². The number of carbonyl (C=O) groups is 1. The van der Waals surface area contributed by atoms with Crippen LogP contribution in [-0.4, -0.2) is 53.7 Å². The smallest absolute Gasteiger partial charge is 0.270 e. The van der Waals surface area contributed by atoms with Gasteiger partial charge >= 0.3 is 0 Å². The molecule has 164 valence electrons. The lowest BCUT2D eigenvalue weighted by molar-refractivity contribution is -0.384. The number of anilines is 1. The molecule has 3 rings (SSSR count). The average molecular weight is 459 g/mol. The van der Waals surface area contributed by atoms with Crippen molar-refractivity contribution in [3.05, 3.63) is 58.1 Å². The lowest BCUT2D eigenvalue weighted by Crippen LogP contribution is -2.36. The van der Waals surface area contributed by atoms with Crippen molar-refractivity contribution in [2.75, 3.05) is 37.8 Å². The highest BCUT2D eigenvalue weighted by Gasteiger charge is 2.20. The summed E-state index contributed by atoms with van der Waals surface area (Å²) in [7, 11) is 3.92. The Kier molecular flexibility index (Phi) is 8.00. The molecule has 1 heterocycles. The Bertz CT molecular complexity index is 1050. The number of hydrogen-bond acceptors (Lipinski definition) is 7. The zero-order valence-corrected chi connectivity index (χ0v) is 19.5. The molecule has 0 radical (unpaired) electrons. The van der Waals surface area contributed by atoms with E-state index in [2.05, 4.69) is 36.2 Å². The van der Waals surface area contributed by atoms with Crippen LogP contribution in [0.15, 0.2) is 47.4 Å². The van der Waals surface area contributed by atoms with E-state index in [4.69, 9.17) is 0 Å². The summed E-state index contributed by atoms with van der Waals surface area (Å²) in [5, 5.41) is 11.6. The molecule has 0 atom stereocenters. The third-order valence-corrected chi connectivity index (χ3v) is 6.84. The van der Waals surface area contributed by atoms with Gasteiger partial charge in [0.25, 0.3) is 5.69 Å². The molecule has 1 amide bonds. The summed E-state index contributed by atoms with van der Waals surface area (Å²) in [6.07, 6.45) is 1.20. The summed E-state index contributed by atoms with van der Waals surface area (Å²) in [6.45, 7) is 3.30. The van der Waals surface area contributed by atoms with Gasteiger partial charge in [0.1, 0.15) is 0 Å². The summed E-state index contributed by atoms with van der Waals surface area (Å²) in [4.78, 5) is 33.2. The van der Waals surface area contributed by atoms with Gasteiger partial charge in [-0.05, 0) is 51.4 Å². The standard InChI is InChI=1S/C22H26N4O3S2/c1-16-6-9-18(10-7-16)30-14-4-5-21(27)25(13-12-24(2)3)22-23-19-11-8-17(26(28)29)15-20(19)31-22/h6-11,15H,4-5,12-14H2,1-3H3. The maximum Gasteiger partial charge on any atom is 0.270 e. The molecular formula is C22H26N4O3S2. The van der Waals surface area contributed by atoms with E-state index >= 15 is 0 Å². The molecule has 0 N–H and O–H groups in total. The van der Waals surface area contributed by atoms with E-state index in [-0.39, 0.29) is 11.6 Å². The van der Waals surface area contributed by atoms with Crippen LogP contribution in [0.3, 0.4) is 0 Å². The van der Waals surface area contributed by atoms with Crippen molar-refractivity contribution in [1.82, 2.24) is 9.88 Å². The number of nitro benzene ring substituents is 1. The van der Waals surface area contributed by atoms with Gasteiger partial charge in [-0.2, -0.15) is 0 Å². The Balaban J connectivity index is 1.67. The Morgan fingerprint density at radius 3 is 2.58 bits per heavy atom. The fraction of sp³-hybridized carbons (Fsp3) is 0.364. The molecule has 9 heteroatoms. The maximum absolute atomic E-state index is 13.0. The predicted octanol–water partition coefficient (Wildman–Crippen LogP) is 4.98. The second-order valence-corrected chi connectivity index (χ2v) is 9.70. The van der Waals surface area contributed by atoms with Gasteiger partial charge in [0.2, 0.25) is 5.91 Å². The summed E-state index contributed by atoms with van der Waals surface area (Å²) in [5.41, 5.74) is 1.93. The topological polar surface area (TPSA) is 79.6 Å². The van der Waals surface area contributed by atoms with E-state index in [0.29, 0.717) is 34.9 Å². The first-order chi connectivity index (χ1) is 14.8. The number of rotatable bonds is 10. The van der Waals surface area contributed by atoms with Crippen LogP contribution < -0.4 is 4.90 Å². The number of amides is 1. The van der Waals surface area contributed by atoms with Crippen LogP contribution in [-0.2, 0) is 4.79 Å². The number of likely N-dealkylation sites (N-methyl/N-ethyl adjacent to an activating group) is 1. The number of non-ortho nitro benzene ring substituents is 1.